The molecule has 3 atom stereocenters. The molecule has 1 aromatic heterocycles. The minimum absolute atomic E-state index is 0.139. The summed E-state index contributed by atoms with van der Waals surface area (Å²) >= 11 is 0. The Morgan fingerprint density at radius 3 is 2.94 bits per heavy atom. The monoisotopic (exact) mass is 253 g/mol. The van der Waals surface area contributed by atoms with Crippen LogP contribution < -0.4 is 5.32 Å². The maximum Gasteiger partial charge on any atom is 0.0860 e. The van der Waals surface area contributed by atoms with E-state index in [9.17, 15) is 5.11 Å². The fourth-order valence-corrected chi connectivity index (χ4v) is 2.60. The summed E-state index contributed by atoms with van der Waals surface area (Å²) in [5.41, 5.74) is 0.139. The zero-order chi connectivity index (χ0) is 13.2. The Morgan fingerprint density at radius 1 is 1.61 bits per heavy atom. The maximum absolute atomic E-state index is 9.93. The highest BCUT2D eigenvalue weighted by Crippen LogP contribution is 2.42. The first-order chi connectivity index (χ1) is 8.54. The van der Waals surface area contributed by atoms with Crippen molar-refractivity contribution in [2.24, 2.45) is 5.41 Å². The van der Waals surface area contributed by atoms with Gasteiger partial charge in [-0.15, -0.1) is 0 Å². The van der Waals surface area contributed by atoms with Crippen molar-refractivity contribution in [2.75, 3.05) is 13.7 Å². The number of aliphatic hydroxyl groups is 1. The van der Waals surface area contributed by atoms with E-state index in [4.69, 9.17) is 4.74 Å². The van der Waals surface area contributed by atoms with Crippen LogP contribution in [0, 0.1) is 5.41 Å². The first-order valence-electron chi connectivity index (χ1n) is 6.45. The molecule has 0 aliphatic heterocycles. The quantitative estimate of drug-likeness (QED) is 0.781. The van der Waals surface area contributed by atoms with Crippen LogP contribution in [0.15, 0.2) is 18.5 Å². The third kappa shape index (κ3) is 2.74. The van der Waals surface area contributed by atoms with E-state index in [1.807, 2.05) is 12.3 Å². The van der Waals surface area contributed by atoms with Crippen molar-refractivity contribution in [2.45, 2.75) is 45.1 Å². The van der Waals surface area contributed by atoms with Crippen molar-refractivity contribution < 1.29 is 9.84 Å². The van der Waals surface area contributed by atoms with Crippen molar-refractivity contribution >= 4 is 0 Å². The van der Waals surface area contributed by atoms with Gasteiger partial charge in [-0.1, -0.05) is 13.8 Å². The number of rotatable bonds is 6. The van der Waals surface area contributed by atoms with E-state index < -0.39 is 6.10 Å². The second kappa shape index (κ2) is 5.38. The van der Waals surface area contributed by atoms with Gasteiger partial charge in [0.05, 0.1) is 18.8 Å². The normalized spacial score (nSPS) is 27.8. The predicted octanol–water partition coefficient (Wildman–Crippen LogP) is 0.647. The average molecular weight is 253 g/mol. The molecule has 5 nitrogen and oxygen atoms in total. The Labute approximate surface area is 108 Å². The third-order valence-corrected chi connectivity index (χ3v) is 4.02. The summed E-state index contributed by atoms with van der Waals surface area (Å²) in [4.78, 5) is 0. The van der Waals surface area contributed by atoms with Crippen LogP contribution in [-0.4, -0.2) is 46.8 Å². The van der Waals surface area contributed by atoms with E-state index in [2.05, 4.69) is 24.3 Å². The molecule has 3 unspecified atom stereocenters. The first-order valence-corrected chi connectivity index (χ1v) is 6.45. The molecule has 1 heterocycles. The Bertz CT molecular complexity index is 364. The summed E-state index contributed by atoms with van der Waals surface area (Å²) in [5.74, 6) is 0. The fourth-order valence-electron chi connectivity index (χ4n) is 2.60. The molecule has 0 saturated heterocycles. The molecule has 102 valence electrons. The zero-order valence-electron chi connectivity index (χ0n) is 11.3. The van der Waals surface area contributed by atoms with Crippen molar-refractivity contribution in [3.63, 3.8) is 0 Å². The Morgan fingerprint density at radius 2 is 2.39 bits per heavy atom. The highest BCUT2D eigenvalue weighted by molar-refractivity contribution is 5.02. The number of methoxy groups -OCH3 is 1. The minimum atomic E-state index is -0.415. The SMILES string of the molecule is COC1CC(NCC(O)Cn2cccn2)C1(C)C. The lowest BCUT2D eigenvalue weighted by molar-refractivity contribution is -0.0993. The Balaban J connectivity index is 1.72. The van der Waals surface area contributed by atoms with E-state index in [0.29, 0.717) is 25.2 Å². The molecule has 2 rings (SSSR count). The minimum Gasteiger partial charge on any atom is -0.390 e. The van der Waals surface area contributed by atoms with E-state index >= 15 is 0 Å². The molecule has 1 fully saturated rings. The third-order valence-electron chi connectivity index (χ3n) is 4.02. The number of hydrogen-bond donors (Lipinski definition) is 2. The summed E-state index contributed by atoms with van der Waals surface area (Å²) in [6.07, 6.45) is 4.49. The topological polar surface area (TPSA) is 59.3 Å². The van der Waals surface area contributed by atoms with Gasteiger partial charge in [0.1, 0.15) is 0 Å². The van der Waals surface area contributed by atoms with Gasteiger partial charge in [0.2, 0.25) is 0 Å². The summed E-state index contributed by atoms with van der Waals surface area (Å²) in [7, 11) is 1.76. The standard InChI is InChI=1S/C13H23N3O2/c1-13(2)11(7-12(13)18-3)14-8-10(17)9-16-6-4-5-15-16/h4-6,10-12,14,17H,7-9H2,1-3H3. The van der Waals surface area contributed by atoms with Gasteiger partial charge >= 0.3 is 0 Å². The van der Waals surface area contributed by atoms with Gasteiger partial charge in [-0.05, 0) is 12.5 Å². The first kappa shape index (κ1) is 13.5. The van der Waals surface area contributed by atoms with Gasteiger partial charge in [-0.3, -0.25) is 4.68 Å². The van der Waals surface area contributed by atoms with Crippen molar-refractivity contribution in [1.29, 1.82) is 0 Å². The predicted molar refractivity (Wildman–Crippen MR) is 69.2 cm³/mol. The van der Waals surface area contributed by atoms with Gasteiger partial charge in [0.15, 0.2) is 0 Å². The second-order valence-electron chi connectivity index (χ2n) is 5.62. The van der Waals surface area contributed by atoms with Crippen molar-refractivity contribution in [3.05, 3.63) is 18.5 Å². The lowest BCUT2D eigenvalue weighted by Gasteiger charge is -2.51. The van der Waals surface area contributed by atoms with Crippen LogP contribution in [0.2, 0.25) is 0 Å². The largest absolute Gasteiger partial charge is 0.390 e. The van der Waals surface area contributed by atoms with Crippen LogP contribution in [0.4, 0.5) is 0 Å². The van der Waals surface area contributed by atoms with Gasteiger partial charge in [0.25, 0.3) is 0 Å². The number of hydrogen-bond acceptors (Lipinski definition) is 4. The molecule has 1 aliphatic carbocycles. The molecule has 0 bridgehead atoms. The molecule has 0 amide bonds. The molecule has 18 heavy (non-hydrogen) atoms. The lowest BCUT2D eigenvalue weighted by atomic mass is 9.64. The van der Waals surface area contributed by atoms with E-state index in [1.54, 1.807) is 18.0 Å². The van der Waals surface area contributed by atoms with Crippen LogP contribution in [0.3, 0.4) is 0 Å². The molecule has 1 aromatic rings. The van der Waals surface area contributed by atoms with E-state index in [0.717, 1.165) is 6.42 Å². The van der Waals surface area contributed by atoms with Gasteiger partial charge in [-0.25, -0.2) is 0 Å². The Kier molecular flexibility index (Phi) is 4.04. The smallest absolute Gasteiger partial charge is 0.0860 e. The zero-order valence-corrected chi connectivity index (χ0v) is 11.3. The van der Waals surface area contributed by atoms with Gasteiger partial charge < -0.3 is 15.2 Å². The summed E-state index contributed by atoms with van der Waals surface area (Å²) in [6, 6.07) is 2.27. The molecular formula is C13H23N3O2. The molecule has 0 radical (unpaired) electrons. The number of aromatic nitrogens is 2. The van der Waals surface area contributed by atoms with Gasteiger partial charge in [-0.2, -0.15) is 5.10 Å². The van der Waals surface area contributed by atoms with Crippen LogP contribution >= 0.6 is 0 Å². The molecule has 0 aromatic carbocycles. The molecule has 5 heteroatoms. The molecule has 1 saturated carbocycles. The van der Waals surface area contributed by atoms with Gasteiger partial charge in [0, 0.05) is 37.5 Å². The number of ether oxygens (including phenoxy) is 1. The number of nitrogens with zero attached hydrogens (tertiary/aromatic N) is 2. The number of nitrogens with one attached hydrogen (secondary N) is 1. The summed E-state index contributed by atoms with van der Waals surface area (Å²) in [6.45, 7) is 5.51. The van der Waals surface area contributed by atoms with Crippen molar-refractivity contribution in [3.8, 4) is 0 Å². The molecule has 1 aliphatic rings. The lowest BCUT2D eigenvalue weighted by Crippen LogP contribution is -2.61. The Hall–Kier alpha value is -0.910. The fraction of sp³-hybridized carbons (Fsp3) is 0.769. The van der Waals surface area contributed by atoms with Crippen molar-refractivity contribution in [1.82, 2.24) is 15.1 Å². The highest BCUT2D eigenvalue weighted by Gasteiger charge is 2.48. The summed E-state index contributed by atoms with van der Waals surface area (Å²) in [5, 5.41) is 17.4. The highest BCUT2D eigenvalue weighted by atomic mass is 16.5. The molecule has 2 N–H and O–H groups in total. The average Bonchev–Trinajstić information content (AvgIpc) is 2.80. The van der Waals surface area contributed by atoms with E-state index in [1.165, 1.54) is 0 Å². The maximum atomic E-state index is 9.93. The molecular weight excluding hydrogens is 230 g/mol. The second-order valence-corrected chi connectivity index (χ2v) is 5.62. The van der Waals surface area contributed by atoms with Crippen LogP contribution in [0.1, 0.15) is 20.3 Å². The molecule has 0 spiro atoms. The van der Waals surface area contributed by atoms with E-state index in [-0.39, 0.29) is 5.41 Å². The van der Waals surface area contributed by atoms with Crippen LogP contribution in [0.25, 0.3) is 0 Å². The van der Waals surface area contributed by atoms with Crippen LogP contribution in [0.5, 0.6) is 0 Å². The number of aliphatic hydroxyl groups excluding tert-OH is 1. The summed E-state index contributed by atoms with van der Waals surface area (Å²) < 4.78 is 7.15. The van der Waals surface area contributed by atoms with Crippen LogP contribution in [-0.2, 0) is 11.3 Å².